The number of benzene rings is 1. The van der Waals surface area contributed by atoms with Crippen molar-refractivity contribution in [3.63, 3.8) is 0 Å². The van der Waals surface area contributed by atoms with Gasteiger partial charge in [-0.15, -0.1) is 0 Å². The van der Waals surface area contributed by atoms with Crippen molar-refractivity contribution < 1.29 is 0 Å². The number of hydrogen-bond acceptors (Lipinski definition) is 0. The van der Waals surface area contributed by atoms with Gasteiger partial charge in [-0.2, -0.15) is 0 Å². The normalized spacial score (nSPS) is 10.4. The van der Waals surface area contributed by atoms with Crippen LogP contribution < -0.4 is 0 Å². The molecule has 0 spiro atoms. The Morgan fingerprint density at radius 2 is 1.69 bits per heavy atom. The molecule has 1 aromatic rings. The highest BCUT2D eigenvalue weighted by Gasteiger charge is 2.02. The second-order valence-corrected chi connectivity index (χ2v) is 4.21. The highest BCUT2D eigenvalue weighted by molar-refractivity contribution is 5.21. The lowest BCUT2D eigenvalue weighted by Gasteiger charge is -2.06. The summed E-state index contributed by atoms with van der Waals surface area (Å²) in [6.07, 6.45) is 0.859. The summed E-state index contributed by atoms with van der Waals surface area (Å²) in [5, 5.41) is 0. The minimum atomic E-state index is 0.120. The summed E-state index contributed by atoms with van der Waals surface area (Å²) >= 11 is 0. The molecule has 0 aromatic heterocycles. The molecule has 68 valence electrons. The molecule has 0 aliphatic carbocycles. The van der Waals surface area contributed by atoms with Crippen molar-refractivity contribution in [2.75, 3.05) is 0 Å². The molecular formula is C13H16. The molecule has 13 heavy (non-hydrogen) atoms. The third kappa shape index (κ3) is 4.38. The Hall–Kier alpha value is -1.22. The predicted molar refractivity (Wildman–Crippen MR) is 57.4 cm³/mol. The summed E-state index contributed by atoms with van der Waals surface area (Å²) < 4.78 is 0. The van der Waals surface area contributed by atoms with E-state index in [1.165, 1.54) is 5.56 Å². The molecule has 1 rings (SSSR count). The Morgan fingerprint density at radius 1 is 1.08 bits per heavy atom. The number of hydrogen-bond donors (Lipinski definition) is 0. The molecule has 0 heteroatoms. The molecule has 0 amide bonds. The Kier molecular flexibility index (Phi) is 3.14. The second kappa shape index (κ2) is 4.14. The molecule has 0 bridgehead atoms. The summed E-state index contributed by atoms with van der Waals surface area (Å²) in [7, 11) is 0. The lowest BCUT2D eigenvalue weighted by Crippen LogP contribution is -1.99. The van der Waals surface area contributed by atoms with Crippen LogP contribution in [0.25, 0.3) is 0 Å². The van der Waals surface area contributed by atoms with Gasteiger partial charge in [-0.05, 0) is 26.3 Å². The van der Waals surface area contributed by atoms with E-state index in [-0.39, 0.29) is 5.41 Å². The maximum atomic E-state index is 3.22. The van der Waals surface area contributed by atoms with Crippen molar-refractivity contribution >= 4 is 0 Å². The molecule has 0 heterocycles. The molecule has 0 N–H and O–H groups in total. The Morgan fingerprint density at radius 3 is 2.23 bits per heavy atom. The van der Waals surface area contributed by atoms with Crippen LogP contribution in [0.15, 0.2) is 30.3 Å². The van der Waals surface area contributed by atoms with Crippen LogP contribution in [0.1, 0.15) is 26.3 Å². The lowest BCUT2D eigenvalue weighted by molar-refractivity contribution is 0.570. The van der Waals surface area contributed by atoms with Gasteiger partial charge >= 0.3 is 0 Å². The largest absolute Gasteiger partial charge is 0.0980 e. The average Bonchev–Trinajstić information content (AvgIpc) is 2.04. The lowest BCUT2D eigenvalue weighted by atomic mass is 9.97. The fraction of sp³-hybridized carbons (Fsp3) is 0.385. The SMILES string of the molecule is CC(C)(C)C#CCc1ccccc1. The third-order valence-corrected chi connectivity index (χ3v) is 1.60. The smallest absolute Gasteiger partial charge is 0.0340 e. The average molecular weight is 172 g/mol. The van der Waals surface area contributed by atoms with Crippen LogP contribution in [0.5, 0.6) is 0 Å². The van der Waals surface area contributed by atoms with Gasteiger partial charge in [0, 0.05) is 11.8 Å². The summed E-state index contributed by atoms with van der Waals surface area (Å²) in [6, 6.07) is 10.3. The van der Waals surface area contributed by atoms with E-state index in [0.717, 1.165) is 6.42 Å². The number of rotatable bonds is 1. The first kappa shape index (κ1) is 9.86. The third-order valence-electron chi connectivity index (χ3n) is 1.60. The molecule has 0 radical (unpaired) electrons. The molecule has 0 nitrogen and oxygen atoms in total. The van der Waals surface area contributed by atoms with E-state index in [1.807, 2.05) is 18.2 Å². The highest BCUT2D eigenvalue weighted by Crippen LogP contribution is 2.10. The van der Waals surface area contributed by atoms with Gasteiger partial charge in [-0.25, -0.2) is 0 Å². The maximum Gasteiger partial charge on any atom is 0.0340 e. The van der Waals surface area contributed by atoms with Gasteiger partial charge in [0.1, 0.15) is 0 Å². The molecule has 0 aliphatic heterocycles. The summed E-state index contributed by atoms with van der Waals surface area (Å²) in [4.78, 5) is 0. The van der Waals surface area contributed by atoms with Gasteiger partial charge in [0.15, 0.2) is 0 Å². The van der Waals surface area contributed by atoms with Crippen molar-refractivity contribution in [1.29, 1.82) is 0 Å². The Balaban J connectivity index is 2.56. The molecule has 0 saturated heterocycles. The zero-order valence-corrected chi connectivity index (χ0v) is 8.59. The van der Waals surface area contributed by atoms with Crippen molar-refractivity contribution in [2.45, 2.75) is 27.2 Å². The van der Waals surface area contributed by atoms with E-state index in [2.05, 4.69) is 44.7 Å². The second-order valence-electron chi connectivity index (χ2n) is 4.21. The van der Waals surface area contributed by atoms with Crippen LogP contribution in [-0.2, 0) is 6.42 Å². The van der Waals surface area contributed by atoms with Crippen molar-refractivity contribution in [3.8, 4) is 11.8 Å². The van der Waals surface area contributed by atoms with Gasteiger partial charge in [0.25, 0.3) is 0 Å². The Labute approximate surface area is 81.0 Å². The fourth-order valence-corrected chi connectivity index (χ4v) is 1.01. The molecule has 0 fully saturated rings. The molecular weight excluding hydrogens is 156 g/mol. The van der Waals surface area contributed by atoms with Crippen LogP contribution in [-0.4, -0.2) is 0 Å². The monoisotopic (exact) mass is 172 g/mol. The molecule has 0 saturated carbocycles. The standard InChI is InChI=1S/C13H16/c1-13(2,3)11-7-10-12-8-5-4-6-9-12/h4-6,8-9H,10H2,1-3H3. The van der Waals surface area contributed by atoms with Crippen LogP contribution >= 0.6 is 0 Å². The summed E-state index contributed by atoms with van der Waals surface area (Å²) in [6.45, 7) is 6.39. The molecule has 0 aliphatic rings. The van der Waals surface area contributed by atoms with Crippen molar-refractivity contribution in [3.05, 3.63) is 35.9 Å². The Bertz CT molecular complexity index is 303. The quantitative estimate of drug-likeness (QED) is 0.570. The van der Waals surface area contributed by atoms with E-state index >= 15 is 0 Å². The summed E-state index contributed by atoms with van der Waals surface area (Å²) in [5.41, 5.74) is 1.41. The first-order chi connectivity index (χ1) is 6.08. The van der Waals surface area contributed by atoms with E-state index in [1.54, 1.807) is 0 Å². The van der Waals surface area contributed by atoms with Gasteiger partial charge in [0.2, 0.25) is 0 Å². The van der Waals surface area contributed by atoms with Crippen LogP contribution in [0, 0.1) is 17.3 Å². The van der Waals surface area contributed by atoms with Crippen LogP contribution in [0.4, 0.5) is 0 Å². The van der Waals surface area contributed by atoms with E-state index in [0.29, 0.717) is 0 Å². The zero-order chi connectivity index (χ0) is 9.73. The zero-order valence-electron chi connectivity index (χ0n) is 8.59. The van der Waals surface area contributed by atoms with E-state index in [4.69, 9.17) is 0 Å². The van der Waals surface area contributed by atoms with Gasteiger partial charge in [0.05, 0.1) is 0 Å². The van der Waals surface area contributed by atoms with Crippen molar-refractivity contribution in [1.82, 2.24) is 0 Å². The minimum Gasteiger partial charge on any atom is -0.0980 e. The van der Waals surface area contributed by atoms with Gasteiger partial charge in [-0.1, -0.05) is 42.2 Å². The molecule has 1 aromatic carbocycles. The molecule has 0 unspecified atom stereocenters. The summed E-state index contributed by atoms with van der Waals surface area (Å²) in [5.74, 6) is 6.41. The predicted octanol–water partition coefficient (Wildman–Crippen LogP) is 3.28. The van der Waals surface area contributed by atoms with Gasteiger partial charge in [-0.3, -0.25) is 0 Å². The van der Waals surface area contributed by atoms with E-state index in [9.17, 15) is 0 Å². The first-order valence-corrected chi connectivity index (χ1v) is 4.62. The van der Waals surface area contributed by atoms with Gasteiger partial charge < -0.3 is 0 Å². The topological polar surface area (TPSA) is 0 Å². The fourth-order valence-electron chi connectivity index (χ4n) is 1.01. The van der Waals surface area contributed by atoms with E-state index < -0.39 is 0 Å². The maximum absolute atomic E-state index is 3.22. The van der Waals surface area contributed by atoms with Crippen molar-refractivity contribution in [2.24, 2.45) is 5.41 Å². The van der Waals surface area contributed by atoms with Crippen LogP contribution in [0.3, 0.4) is 0 Å². The first-order valence-electron chi connectivity index (χ1n) is 4.62. The molecule has 0 atom stereocenters. The highest BCUT2D eigenvalue weighted by atomic mass is 14.1. The minimum absolute atomic E-state index is 0.120. The van der Waals surface area contributed by atoms with Crippen LogP contribution in [0.2, 0.25) is 0 Å².